The molecule has 102 valence electrons. The predicted molar refractivity (Wildman–Crippen MR) is 77.0 cm³/mol. The molecular weight excluding hydrogens is 248 g/mol. The van der Waals surface area contributed by atoms with Crippen LogP contribution in [-0.2, 0) is 4.79 Å². The maximum absolute atomic E-state index is 12.5. The van der Waals surface area contributed by atoms with Gasteiger partial charge in [0.05, 0.1) is 17.7 Å². The van der Waals surface area contributed by atoms with Crippen LogP contribution in [0.25, 0.3) is 5.69 Å². The van der Waals surface area contributed by atoms with Crippen LogP contribution in [0.2, 0.25) is 0 Å². The van der Waals surface area contributed by atoms with Crippen molar-refractivity contribution in [2.45, 2.75) is 38.0 Å². The number of para-hydroxylation sites is 1. The highest BCUT2D eigenvalue weighted by molar-refractivity contribution is 5.83. The van der Waals surface area contributed by atoms with Gasteiger partial charge in [0.1, 0.15) is 5.78 Å². The number of imidazole rings is 1. The molecule has 0 N–H and O–H groups in total. The zero-order valence-electron chi connectivity index (χ0n) is 11.5. The van der Waals surface area contributed by atoms with Crippen molar-refractivity contribution in [3.63, 3.8) is 0 Å². The van der Waals surface area contributed by atoms with E-state index >= 15 is 0 Å². The number of Topliss-reactive ketones (excluding diaryl/α,β-unsaturated/α-hetero) is 1. The van der Waals surface area contributed by atoms with Gasteiger partial charge in [-0.1, -0.05) is 31.0 Å². The first kappa shape index (κ1) is 11.9. The van der Waals surface area contributed by atoms with Crippen molar-refractivity contribution in [3.8, 4) is 5.69 Å². The number of carbonyl (C=O) groups excluding carboxylic acids is 1. The zero-order valence-corrected chi connectivity index (χ0v) is 11.5. The number of nitrogens with zero attached hydrogens (tertiary/aromatic N) is 2. The third-order valence-electron chi connectivity index (χ3n) is 4.81. The van der Waals surface area contributed by atoms with Crippen molar-refractivity contribution in [1.82, 2.24) is 9.55 Å². The van der Waals surface area contributed by atoms with E-state index in [0.29, 0.717) is 18.1 Å². The molecule has 1 saturated carbocycles. The number of rotatable bonds is 3. The molecule has 1 unspecified atom stereocenters. The standard InChI is InChI=1S/C17H18N2O/c20-17(12-5-1-2-6-12)9-14-13-7-3-4-8-15(13)19-11-18-10-16(14)19/h3-4,7-8,10-12,14H,1-2,5-6,9H2. The van der Waals surface area contributed by atoms with E-state index in [1.54, 1.807) is 0 Å². The molecule has 0 spiro atoms. The Morgan fingerprint density at radius 2 is 2.05 bits per heavy atom. The summed E-state index contributed by atoms with van der Waals surface area (Å²) >= 11 is 0. The van der Waals surface area contributed by atoms with Crippen molar-refractivity contribution in [2.24, 2.45) is 5.92 Å². The lowest BCUT2D eigenvalue weighted by atomic mass is 9.88. The second kappa shape index (κ2) is 4.58. The number of fused-ring (bicyclic) bond motifs is 3. The summed E-state index contributed by atoms with van der Waals surface area (Å²) in [7, 11) is 0. The molecule has 3 heteroatoms. The van der Waals surface area contributed by atoms with Crippen LogP contribution in [0.4, 0.5) is 0 Å². The van der Waals surface area contributed by atoms with Gasteiger partial charge in [-0.3, -0.25) is 4.79 Å². The molecule has 1 aliphatic heterocycles. The monoisotopic (exact) mass is 266 g/mol. The molecule has 0 amide bonds. The third-order valence-corrected chi connectivity index (χ3v) is 4.81. The van der Waals surface area contributed by atoms with Gasteiger partial charge in [-0.05, 0) is 24.5 Å². The highest BCUT2D eigenvalue weighted by Gasteiger charge is 2.33. The van der Waals surface area contributed by atoms with Gasteiger partial charge in [-0.2, -0.15) is 0 Å². The summed E-state index contributed by atoms with van der Waals surface area (Å²) in [5, 5.41) is 0. The largest absolute Gasteiger partial charge is 0.302 e. The lowest BCUT2D eigenvalue weighted by molar-refractivity contribution is -0.122. The quantitative estimate of drug-likeness (QED) is 0.852. The van der Waals surface area contributed by atoms with Crippen molar-refractivity contribution in [3.05, 3.63) is 48.0 Å². The van der Waals surface area contributed by atoms with Crippen LogP contribution in [-0.4, -0.2) is 15.3 Å². The number of ketones is 1. The summed E-state index contributed by atoms with van der Waals surface area (Å²) in [5.41, 5.74) is 3.62. The number of benzene rings is 1. The van der Waals surface area contributed by atoms with Crippen LogP contribution in [0.3, 0.4) is 0 Å². The van der Waals surface area contributed by atoms with E-state index in [1.807, 2.05) is 18.6 Å². The minimum atomic E-state index is 0.196. The van der Waals surface area contributed by atoms with Crippen LogP contribution in [0.15, 0.2) is 36.8 Å². The highest BCUT2D eigenvalue weighted by Crippen LogP contribution is 2.41. The second-order valence-corrected chi connectivity index (χ2v) is 5.95. The summed E-state index contributed by atoms with van der Waals surface area (Å²) < 4.78 is 2.13. The maximum Gasteiger partial charge on any atom is 0.136 e. The smallest absolute Gasteiger partial charge is 0.136 e. The number of aromatic nitrogens is 2. The Morgan fingerprint density at radius 1 is 1.25 bits per heavy atom. The fraction of sp³-hybridized carbons (Fsp3) is 0.412. The molecule has 2 aliphatic rings. The SMILES string of the molecule is O=C(CC1c2ccccc2-n2cncc21)C1CCCC1. The van der Waals surface area contributed by atoms with Gasteiger partial charge in [0.25, 0.3) is 0 Å². The summed E-state index contributed by atoms with van der Waals surface area (Å²) in [4.78, 5) is 16.8. The van der Waals surface area contributed by atoms with Crippen LogP contribution < -0.4 is 0 Å². The van der Waals surface area contributed by atoms with Crippen LogP contribution in [0, 0.1) is 5.92 Å². The first-order valence-electron chi connectivity index (χ1n) is 7.49. The van der Waals surface area contributed by atoms with Crippen LogP contribution in [0.1, 0.15) is 49.3 Å². The fourth-order valence-electron chi connectivity index (χ4n) is 3.76. The topological polar surface area (TPSA) is 34.9 Å². The molecule has 3 nitrogen and oxygen atoms in total. The number of hydrogen-bond acceptors (Lipinski definition) is 2. The molecule has 1 aromatic carbocycles. The number of carbonyl (C=O) groups is 1. The van der Waals surface area contributed by atoms with E-state index in [2.05, 4.69) is 27.8 Å². The first-order chi connectivity index (χ1) is 9.84. The molecule has 0 saturated heterocycles. The minimum absolute atomic E-state index is 0.196. The van der Waals surface area contributed by atoms with Gasteiger partial charge in [-0.25, -0.2) is 4.98 Å². The van der Waals surface area contributed by atoms with Crippen molar-refractivity contribution < 1.29 is 4.79 Å². The number of hydrogen-bond donors (Lipinski definition) is 0. The van der Waals surface area contributed by atoms with Gasteiger partial charge in [0.2, 0.25) is 0 Å². The van der Waals surface area contributed by atoms with Crippen molar-refractivity contribution in [2.75, 3.05) is 0 Å². The van der Waals surface area contributed by atoms with Gasteiger partial charge >= 0.3 is 0 Å². The zero-order chi connectivity index (χ0) is 13.5. The van der Waals surface area contributed by atoms with Gasteiger partial charge in [0, 0.05) is 24.5 Å². The first-order valence-corrected chi connectivity index (χ1v) is 7.49. The summed E-state index contributed by atoms with van der Waals surface area (Å²) in [6.45, 7) is 0. The Labute approximate surface area is 118 Å². The van der Waals surface area contributed by atoms with E-state index in [4.69, 9.17) is 0 Å². The Morgan fingerprint density at radius 3 is 2.90 bits per heavy atom. The third kappa shape index (κ3) is 1.73. The molecule has 20 heavy (non-hydrogen) atoms. The molecular formula is C17H18N2O. The van der Waals surface area contributed by atoms with Crippen molar-refractivity contribution in [1.29, 1.82) is 0 Å². The van der Waals surface area contributed by atoms with Gasteiger partial charge in [0.15, 0.2) is 0 Å². The van der Waals surface area contributed by atoms with Crippen LogP contribution >= 0.6 is 0 Å². The molecule has 4 rings (SSSR count). The van der Waals surface area contributed by atoms with Gasteiger partial charge < -0.3 is 4.57 Å². The molecule has 1 fully saturated rings. The Kier molecular flexibility index (Phi) is 2.72. The predicted octanol–water partition coefficient (Wildman–Crippen LogP) is 3.47. The van der Waals surface area contributed by atoms with E-state index in [1.165, 1.54) is 24.1 Å². The summed E-state index contributed by atoms with van der Waals surface area (Å²) in [6.07, 6.45) is 9.01. The molecule has 1 atom stereocenters. The second-order valence-electron chi connectivity index (χ2n) is 5.95. The van der Waals surface area contributed by atoms with E-state index in [-0.39, 0.29) is 5.92 Å². The lowest BCUT2D eigenvalue weighted by Gasteiger charge is -2.13. The van der Waals surface area contributed by atoms with E-state index < -0.39 is 0 Å². The fourth-order valence-corrected chi connectivity index (χ4v) is 3.76. The molecule has 1 aromatic heterocycles. The average Bonchev–Trinajstić information content (AvgIpc) is 3.17. The Bertz CT molecular complexity index is 653. The Hall–Kier alpha value is -1.90. The summed E-state index contributed by atoms with van der Waals surface area (Å²) in [6, 6.07) is 8.37. The molecule has 0 radical (unpaired) electrons. The summed E-state index contributed by atoms with van der Waals surface area (Å²) in [5.74, 6) is 0.942. The lowest BCUT2D eigenvalue weighted by Crippen LogP contribution is -2.14. The molecule has 0 bridgehead atoms. The van der Waals surface area contributed by atoms with Gasteiger partial charge in [-0.15, -0.1) is 0 Å². The minimum Gasteiger partial charge on any atom is -0.302 e. The van der Waals surface area contributed by atoms with E-state index in [9.17, 15) is 4.79 Å². The molecule has 1 aliphatic carbocycles. The highest BCUT2D eigenvalue weighted by atomic mass is 16.1. The molecule has 2 heterocycles. The van der Waals surface area contributed by atoms with Crippen LogP contribution in [0.5, 0.6) is 0 Å². The normalized spacial score (nSPS) is 20.9. The van der Waals surface area contributed by atoms with E-state index in [0.717, 1.165) is 18.5 Å². The average molecular weight is 266 g/mol. The Balaban J connectivity index is 1.66. The maximum atomic E-state index is 12.5. The van der Waals surface area contributed by atoms with Crippen molar-refractivity contribution >= 4 is 5.78 Å². The molecule has 2 aromatic rings.